The number of fused-ring (bicyclic) bond motifs is 1. The lowest BCUT2D eigenvalue weighted by molar-refractivity contribution is -0.138. The van der Waals surface area contributed by atoms with Gasteiger partial charge in [-0.15, -0.1) is 0 Å². The van der Waals surface area contributed by atoms with Crippen molar-refractivity contribution in [3.63, 3.8) is 0 Å². The van der Waals surface area contributed by atoms with E-state index in [4.69, 9.17) is 27.9 Å². The van der Waals surface area contributed by atoms with E-state index in [1.165, 1.54) is 23.1 Å². The van der Waals surface area contributed by atoms with Crippen LogP contribution in [0.5, 0.6) is 5.75 Å². The van der Waals surface area contributed by atoms with Crippen molar-refractivity contribution in [1.82, 2.24) is 4.98 Å². The van der Waals surface area contributed by atoms with E-state index in [-0.39, 0.29) is 29.7 Å². The van der Waals surface area contributed by atoms with Crippen LogP contribution in [0.15, 0.2) is 30.5 Å². The molecule has 11 heteroatoms. The molecule has 0 saturated heterocycles. The van der Waals surface area contributed by atoms with Crippen LogP contribution in [0.2, 0.25) is 10.0 Å². The first kappa shape index (κ1) is 19.2. The van der Waals surface area contributed by atoms with Crippen molar-refractivity contribution >= 4 is 46.6 Å². The number of aromatic nitrogens is 1. The van der Waals surface area contributed by atoms with Gasteiger partial charge in [0.15, 0.2) is 11.6 Å². The lowest BCUT2D eigenvalue weighted by Gasteiger charge is -2.29. The predicted octanol–water partition coefficient (Wildman–Crippen LogP) is 3.77. The highest BCUT2D eigenvalue weighted by atomic mass is 35.5. The normalized spacial score (nSPS) is 13.8. The summed E-state index contributed by atoms with van der Waals surface area (Å²) in [5, 5.41) is 2.34. The van der Waals surface area contributed by atoms with Crippen LogP contribution in [-0.4, -0.2) is 29.9 Å². The molecule has 1 N–H and O–H groups in total. The van der Waals surface area contributed by atoms with Crippen LogP contribution in [0.4, 0.5) is 24.7 Å². The zero-order valence-electron chi connectivity index (χ0n) is 13.3. The molecule has 0 radical (unpaired) electrons. The van der Waals surface area contributed by atoms with Gasteiger partial charge in [-0.25, -0.2) is 9.78 Å². The highest BCUT2D eigenvalue weighted by molar-refractivity contribution is 6.33. The zero-order chi connectivity index (χ0) is 19.8. The van der Waals surface area contributed by atoms with Gasteiger partial charge in [0.05, 0.1) is 22.8 Å². The summed E-state index contributed by atoms with van der Waals surface area (Å²) < 4.78 is 43.0. The highest BCUT2D eigenvalue weighted by Crippen LogP contribution is 2.35. The lowest BCUT2D eigenvalue weighted by atomic mass is 10.2. The average molecular weight is 420 g/mol. The number of rotatable bonds is 3. The van der Waals surface area contributed by atoms with E-state index in [1.807, 2.05) is 0 Å². The fourth-order valence-electron chi connectivity index (χ4n) is 2.39. The molecule has 6 nitrogen and oxygen atoms in total. The maximum absolute atomic E-state index is 12.6. The van der Waals surface area contributed by atoms with E-state index in [9.17, 15) is 22.8 Å². The molecule has 0 saturated carbocycles. The van der Waals surface area contributed by atoms with Crippen molar-refractivity contribution < 1.29 is 27.5 Å². The minimum absolute atomic E-state index is 0.199. The quantitative estimate of drug-likeness (QED) is 0.605. The molecule has 142 valence electrons. The number of benzene rings is 1. The summed E-state index contributed by atoms with van der Waals surface area (Å²) >= 11 is 11.7. The van der Waals surface area contributed by atoms with Crippen molar-refractivity contribution in [2.75, 3.05) is 23.3 Å². The van der Waals surface area contributed by atoms with E-state index in [0.717, 1.165) is 0 Å². The lowest BCUT2D eigenvalue weighted by Crippen LogP contribution is -2.41. The average Bonchev–Trinajstić information content (AvgIpc) is 2.56. The molecule has 1 amide bonds. The number of nitrogens with one attached hydrogen (secondary N) is 1. The molecule has 1 aliphatic heterocycles. The van der Waals surface area contributed by atoms with Gasteiger partial charge in [-0.05, 0) is 24.3 Å². The Morgan fingerprint density at radius 3 is 2.70 bits per heavy atom. The number of halogens is 5. The fraction of sp³-hybridized carbons (Fsp3) is 0.188. The molecule has 2 heterocycles. The smallest absolute Gasteiger partial charge is 0.417 e. The molecule has 27 heavy (non-hydrogen) atoms. The summed E-state index contributed by atoms with van der Waals surface area (Å²) in [5.74, 6) is -1.18. The van der Waals surface area contributed by atoms with Gasteiger partial charge in [-0.3, -0.25) is 4.79 Å². The highest BCUT2D eigenvalue weighted by Gasteiger charge is 2.32. The standard InChI is InChI=1S/C16H10Cl2F3N3O3/c17-9-1-2-12-11(4-9)24(7-14(26)27-12)6-13(25)23-15-10(18)3-8(5-22-15)16(19,20)21/h1-5H,6-7H2,(H,22,23,25). The van der Waals surface area contributed by atoms with Crippen LogP contribution in [0.3, 0.4) is 0 Å². The second-order valence-electron chi connectivity index (χ2n) is 5.54. The SMILES string of the molecule is O=C(CN1CC(=O)Oc2ccc(Cl)cc21)Nc1ncc(C(F)(F)F)cc1Cl. The van der Waals surface area contributed by atoms with Crippen LogP contribution in [-0.2, 0) is 15.8 Å². The van der Waals surface area contributed by atoms with Crippen LogP contribution >= 0.6 is 23.2 Å². The van der Waals surface area contributed by atoms with Crippen molar-refractivity contribution in [3.05, 3.63) is 46.1 Å². The first-order valence-electron chi connectivity index (χ1n) is 7.41. The van der Waals surface area contributed by atoms with Crippen molar-refractivity contribution in [3.8, 4) is 5.75 Å². The summed E-state index contributed by atoms with van der Waals surface area (Å²) in [5.41, 5.74) is -0.600. The molecule has 2 aromatic rings. The Balaban J connectivity index is 1.75. The number of hydrogen-bond acceptors (Lipinski definition) is 5. The van der Waals surface area contributed by atoms with Gasteiger partial charge in [0, 0.05) is 11.2 Å². The number of esters is 1. The Morgan fingerprint density at radius 2 is 2.04 bits per heavy atom. The first-order chi connectivity index (χ1) is 12.6. The second kappa shape index (κ2) is 7.24. The molecule has 0 unspecified atom stereocenters. The van der Waals surface area contributed by atoms with Crippen molar-refractivity contribution in [2.45, 2.75) is 6.18 Å². The topological polar surface area (TPSA) is 71.5 Å². The summed E-state index contributed by atoms with van der Waals surface area (Å²) in [7, 11) is 0. The molecule has 1 aliphatic rings. The maximum Gasteiger partial charge on any atom is 0.417 e. The Labute approximate surface area is 160 Å². The van der Waals surface area contributed by atoms with Gasteiger partial charge < -0.3 is 15.0 Å². The van der Waals surface area contributed by atoms with E-state index in [2.05, 4.69) is 10.3 Å². The van der Waals surface area contributed by atoms with Gasteiger partial charge in [-0.1, -0.05) is 23.2 Å². The number of nitrogens with zero attached hydrogens (tertiary/aromatic N) is 2. The minimum atomic E-state index is -4.60. The fourth-order valence-corrected chi connectivity index (χ4v) is 2.77. The van der Waals surface area contributed by atoms with E-state index in [1.54, 1.807) is 0 Å². The minimum Gasteiger partial charge on any atom is -0.423 e. The Kier molecular flexibility index (Phi) is 5.16. The summed E-state index contributed by atoms with van der Waals surface area (Å²) in [6.07, 6.45) is -4.04. The number of carbonyl (C=O) groups excluding carboxylic acids is 2. The third kappa shape index (κ3) is 4.42. The summed E-state index contributed by atoms with van der Waals surface area (Å²) in [6, 6.07) is 5.22. The molecular formula is C16H10Cl2F3N3O3. The van der Waals surface area contributed by atoms with Crippen molar-refractivity contribution in [2.24, 2.45) is 0 Å². The zero-order valence-corrected chi connectivity index (χ0v) is 14.8. The second-order valence-corrected chi connectivity index (χ2v) is 6.39. The first-order valence-corrected chi connectivity index (χ1v) is 8.17. The third-order valence-electron chi connectivity index (χ3n) is 3.57. The van der Waals surface area contributed by atoms with Crippen LogP contribution in [0, 0.1) is 0 Å². The van der Waals surface area contributed by atoms with E-state index in [0.29, 0.717) is 23.0 Å². The maximum atomic E-state index is 12.6. The number of amides is 1. The largest absolute Gasteiger partial charge is 0.423 e. The number of ether oxygens (including phenoxy) is 1. The molecule has 3 rings (SSSR count). The van der Waals surface area contributed by atoms with Gasteiger partial charge in [0.25, 0.3) is 0 Å². The van der Waals surface area contributed by atoms with Gasteiger partial charge in [0.2, 0.25) is 5.91 Å². The van der Waals surface area contributed by atoms with Crippen LogP contribution < -0.4 is 15.0 Å². The molecule has 0 spiro atoms. The molecule has 0 bridgehead atoms. The number of alkyl halides is 3. The number of pyridine rings is 1. The van der Waals surface area contributed by atoms with Gasteiger partial charge in [0.1, 0.15) is 6.54 Å². The molecule has 0 aliphatic carbocycles. The van der Waals surface area contributed by atoms with Gasteiger partial charge in [-0.2, -0.15) is 13.2 Å². The van der Waals surface area contributed by atoms with Crippen LogP contribution in [0.1, 0.15) is 5.56 Å². The Bertz CT molecular complexity index is 922. The molecule has 0 fully saturated rings. The number of carbonyl (C=O) groups is 2. The monoisotopic (exact) mass is 419 g/mol. The number of anilines is 2. The van der Waals surface area contributed by atoms with E-state index >= 15 is 0 Å². The molecular weight excluding hydrogens is 410 g/mol. The van der Waals surface area contributed by atoms with Crippen molar-refractivity contribution in [1.29, 1.82) is 0 Å². The van der Waals surface area contributed by atoms with Gasteiger partial charge >= 0.3 is 12.1 Å². The Hall–Kier alpha value is -2.52. The van der Waals surface area contributed by atoms with Crippen LogP contribution in [0.25, 0.3) is 0 Å². The predicted molar refractivity (Wildman–Crippen MR) is 92.2 cm³/mol. The Morgan fingerprint density at radius 1 is 1.30 bits per heavy atom. The molecule has 0 atom stereocenters. The molecule has 1 aromatic heterocycles. The number of hydrogen-bond donors (Lipinski definition) is 1. The third-order valence-corrected chi connectivity index (χ3v) is 4.09. The molecule has 1 aromatic carbocycles. The summed E-state index contributed by atoms with van der Waals surface area (Å²) in [6.45, 7) is -0.490. The van der Waals surface area contributed by atoms with E-state index < -0.39 is 23.6 Å². The summed E-state index contributed by atoms with van der Waals surface area (Å²) in [4.78, 5) is 28.9.